The van der Waals surface area contributed by atoms with Gasteiger partial charge in [0.2, 0.25) is 0 Å². The Morgan fingerprint density at radius 3 is 2.75 bits per heavy atom. The average molecular weight is 236 g/mol. The Hall–Kier alpha value is 0.140. The summed E-state index contributed by atoms with van der Waals surface area (Å²) in [5.41, 5.74) is 0. The highest BCUT2D eigenvalue weighted by Crippen LogP contribution is 2.01. The molecule has 0 saturated carbocycles. The number of nitrogens with zero attached hydrogens (tertiary/aromatic N) is 1. The summed E-state index contributed by atoms with van der Waals surface area (Å²) in [5.74, 6) is 0. The maximum absolute atomic E-state index is 5.02. The Balaban J connectivity index is 3.46. The molecule has 0 fully saturated rings. The van der Waals surface area contributed by atoms with Gasteiger partial charge in [0.25, 0.3) is 0 Å². The van der Waals surface area contributed by atoms with Crippen molar-refractivity contribution >= 4 is 15.9 Å². The van der Waals surface area contributed by atoms with Gasteiger partial charge in [-0.05, 0) is 14.0 Å². The molecule has 0 aromatic rings. The second kappa shape index (κ2) is 7.77. The molecular weight excluding hydrogens is 218 g/mol. The first-order valence-corrected chi connectivity index (χ1v) is 5.05. The van der Waals surface area contributed by atoms with Gasteiger partial charge in [-0.1, -0.05) is 28.1 Å². The Morgan fingerprint density at radius 2 is 2.25 bits per heavy atom. The van der Waals surface area contributed by atoms with Gasteiger partial charge in [0.15, 0.2) is 0 Å². The van der Waals surface area contributed by atoms with Crippen LogP contribution in [0.4, 0.5) is 0 Å². The first kappa shape index (κ1) is 12.1. The van der Waals surface area contributed by atoms with Gasteiger partial charge >= 0.3 is 0 Å². The molecule has 2 nitrogen and oxygen atoms in total. The number of alkyl halides is 1. The van der Waals surface area contributed by atoms with Crippen LogP contribution in [0.5, 0.6) is 0 Å². The number of methoxy groups -OCH3 is 1. The van der Waals surface area contributed by atoms with Crippen LogP contribution in [0.25, 0.3) is 0 Å². The van der Waals surface area contributed by atoms with Crippen LogP contribution in [0.1, 0.15) is 6.92 Å². The molecular formula is C9H18BrNO. The van der Waals surface area contributed by atoms with Gasteiger partial charge in [-0.2, -0.15) is 0 Å². The summed E-state index contributed by atoms with van der Waals surface area (Å²) < 4.78 is 5.02. The summed E-state index contributed by atoms with van der Waals surface area (Å²) in [5, 5.41) is 0. The van der Waals surface area contributed by atoms with Crippen LogP contribution < -0.4 is 0 Å². The SMILES string of the molecule is C/C=C/CN(C)CC(Br)COC. The summed E-state index contributed by atoms with van der Waals surface area (Å²) in [6.07, 6.45) is 4.21. The average Bonchev–Trinajstić information content (AvgIpc) is 2.01. The maximum Gasteiger partial charge on any atom is 0.0600 e. The molecule has 0 aliphatic heterocycles. The van der Waals surface area contributed by atoms with E-state index in [0.717, 1.165) is 19.7 Å². The highest BCUT2D eigenvalue weighted by Gasteiger charge is 2.05. The van der Waals surface area contributed by atoms with Crippen molar-refractivity contribution in [1.29, 1.82) is 0 Å². The van der Waals surface area contributed by atoms with Gasteiger partial charge in [-0.3, -0.25) is 0 Å². The monoisotopic (exact) mass is 235 g/mol. The smallest absolute Gasteiger partial charge is 0.0600 e. The van der Waals surface area contributed by atoms with Crippen molar-refractivity contribution in [3.05, 3.63) is 12.2 Å². The van der Waals surface area contributed by atoms with E-state index in [1.54, 1.807) is 7.11 Å². The van der Waals surface area contributed by atoms with Crippen molar-refractivity contribution < 1.29 is 4.74 Å². The lowest BCUT2D eigenvalue weighted by molar-refractivity contribution is 0.188. The van der Waals surface area contributed by atoms with E-state index in [1.807, 2.05) is 6.92 Å². The van der Waals surface area contributed by atoms with Crippen molar-refractivity contribution in [2.24, 2.45) is 0 Å². The lowest BCUT2D eigenvalue weighted by Gasteiger charge is -2.17. The number of halogens is 1. The predicted octanol–water partition coefficient (Wildman–Crippen LogP) is 1.90. The molecule has 0 spiro atoms. The molecule has 0 heterocycles. The molecule has 0 aliphatic carbocycles. The molecule has 0 aromatic carbocycles. The molecule has 0 rings (SSSR count). The summed E-state index contributed by atoms with van der Waals surface area (Å²) in [6.45, 7) is 4.81. The molecule has 1 atom stereocenters. The lowest BCUT2D eigenvalue weighted by atomic mass is 10.4. The number of ether oxygens (including phenoxy) is 1. The highest BCUT2D eigenvalue weighted by molar-refractivity contribution is 9.09. The zero-order valence-electron chi connectivity index (χ0n) is 8.09. The summed E-state index contributed by atoms with van der Waals surface area (Å²) >= 11 is 3.54. The van der Waals surface area contributed by atoms with Crippen molar-refractivity contribution in [1.82, 2.24) is 4.90 Å². The lowest BCUT2D eigenvalue weighted by Crippen LogP contribution is -2.28. The molecule has 0 aromatic heterocycles. The van der Waals surface area contributed by atoms with E-state index in [9.17, 15) is 0 Å². The van der Waals surface area contributed by atoms with E-state index in [2.05, 4.69) is 40.0 Å². The number of allylic oxidation sites excluding steroid dienone is 1. The minimum atomic E-state index is 0.428. The van der Waals surface area contributed by atoms with E-state index in [4.69, 9.17) is 4.74 Å². The van der Waals surface area contributed by atoms with Gasteiger partial charge in [0.1, 0.15) is 0 Å². The van der Waals surface area contributed by atoms with Crippen LogP contribution in [0, 0.1) is 0 Å². The molecule has 0 saturated heterocycles. The Bertz CT molecular complexity index is 128. The number of likely N-dealkylation sites (N-methyl/N-ethyl adjacent to an activating group) is 1. The summed E-state index contributed by atoms with van der Waals surface area (Å²) in [4.78, 5) is 2.68. The molecule has 0 bridgehead atoms. The van der Waals surface area contributed by atoms with Gasteiger partial charge in [0.05, 0.1) is 11.4 Å². The predicted molar refractivity (Wildman–Crippen MR) is 56.9 cm³/mol. The van der Waals surface area contributed by atoms with Crippen molar-refractivity contribution in [3.63, 3.8) is 0 Å². The number of rotatable bonds is 6. The highest BCUT2D eigenvalue weighted by atomic mass is 79.9. The Kier molecular flexibility index (Phi) is 7.86. The van der Waals surface area contributed by atoms with Gasteiger partial charge in [-0.15, -0.1) is 0 Å². The minimum absolute atomic E-state index is 0.428. The molecule has 3 heteroatoms. The standard InChI is InChI=1S/C9H18BrNO/c1-4-5-6-11(2)7-9(10)8-12-3/h4-5,9H,6-8H2,1-3H3/b5-4+. The third-order valence-electron chi connectivity index (χ3n) is 1.51. The minimum Gasteiger partial charge on any atom is -0.383 e. The van der Waals surface area contributed by atoms with E-state index in [1.165, 1.54) is 0 Å². The van der Waals surface area contributed by atoms with Crippen LogP contribution in [-0.2, 0) is 4.74 Å². The van der Waals surface area contributed by atoms with Gasteiger partial charge < -0.3 is 9.64 Å². The molecule has 0 aliphatic rings. The third-order valence-corrected chi connectivity index (χ3v) is 2.06. The van der Waals surface area contributed by atoms with Crippen LogP contribution >= 0.6 is 15.9 Å². The topological polar surface area (TPSA) is 12.5 Å². The molecule has 0 radical (unpaired) electrons. The number of hydrogen-bond acceptors (Lipinski definition) is 2. The largest absolute Gasteiger partial charge is 0.383 e. The van der Waals surface area contributed by atoms with E-state index in [-0.39, 0.29) is 0 Å². The first-order chi connectivity index (χ1) is 5.70. The summed E-state index contributed by atoms with van der Waals surface area (Å²) in [7, 11) is 3.82. The van der Waals surface area contributed by atoms with E-state index >= 15 is 0 Å². The van der Waals surface area contributed by atoms with Crippen molar-refractivity contribution in [2.75, 3.05) is 33.9 Å². The fourth-order valence-corrected chi connectivity index (χ4v) is 1.69. The molecule has 72 valence electrons. The van der Waals surface area contributed by atoms with Gasteiger partial charge in [0, 0.05) is 20.2 Å². The fourth-order valence-electron chi connectivity index (χ4n) is 0.932. The first-order valence-electron chi connectivity index (χ1n) is 4.13. The van der Waals surface area contributed by atoms with Crippen molar-refractivity contribution in [2.45, 2.75) is 11.8 Å². The quantitative estimate of drug-likeness (QED) is 0.516. The van der Waals surface area contributed by atoms with E-state index in [0.29, 0.717) is 4.83 Å². The van der Waals surface area contributed by atoms with Crippen molar-refractivity contribution in [3.8, 4) is 0 Å². The van der Waals surface area contributed by atoms with E-state index < -0.39 is 0 Å². The Labute approximate surface area is 83.7 Å². The Morgan fingerprint density at radius 1 is 1.58 bits per heavy atom. The van der Waals surface area contributed by atoms with Crippen LogP contribution in [0.3, 0.4) is 0 Å². The number of hydrogen-bond donors (Lipinski definition) is 0. The fraction of sp³-hybridized carbons (Fsp3) is 0.778. The second-order valence-corrected chi connectivity index (χ2v) is 4.14. The third kappa shape index (κ3) is 6.83. The van der Waals surface area contributed by atoms with Crippen LogP contribution in [0.15, 0.2) is 12.2 Å². The molecule has 0 N–H and O–H groups in total. The second-order valence-electron chi connectivity index (χ2n) is 2.84. The summed E-state index contributed by atoms with van der Waals surface area (Å²) in [6, 6.07) is 0. The zero-order valence-corrected chi connectivity index (χ0v) is 9.67. The van der Waals surface area contributed by atoms with Crippen LogP contribution in [-0.4, -0.2) is 43.6 Å². The molecule has 12 heavy (non-hydrogen) atoms. The zero-order chi connectivity index (χ0) is 9.40. The van der Waals surface area contributed by atoms with Gasteiger partial charge in [-0.25, -0.2) is 0 Å². The molecule has 0 amide bonds. The van der Waals surface area contributed by atoms with Crippen LogP contribution in [0.2, 0.25) is 0 Å². The normalized spacial score (nSPS) is 14.4. The molecule has 1 unspecified atom stereocenters. The maximum atomic E-state index is 5.02.